The molecular weight excluding hydrogens is 426 g/mol. The molecule has 4 rings (SSSR count). The number of nitrogens with zero attached hydrogens (tertiary/aromatic N) is 2. The number of rotatable bonds is 5. The molecule has 32 heavy (non-hydrogen) atoms. The van der Waals surface area contributed by atoms with Crippen LogP contribution in [-0.2, 0) is 4.79 Å². The molecule has 1 unspecified atom stereocenters. The Bertz CT molecular complexity index is 1060. The highest BCUT2D eigenvalue weighted by Crippen LogP contribution is 2.33. The molecule has 0 aromatic heterocycles. The summed E-state index contributed by atoms with van der Waals surface area (Å²) in [6.45, 7) is 0.342. The van der Waals surface area contributed by atoms with Gasteiger partial charge in [0, 0.05) is 43.4 Å². The van der Waals surface area contributed by atoms with E-state index in [1.165, 1.54) is 17.0 Å². The first-order valence-electron chi connectivity index (χ1n) is 9.84. The third-order valence-electron chi connectivity index (χ3n) is 5.10. The molecule has 1 atom stereocenters. The van der Waals surface area contributed by atoms with Gasteiger partial charge in [0.1, 0.15) is 11.6 Å². The molecule has 1 saturated heterocycles. The fourth-order valence-corrected chi connectivity index (χ4v) is 3.66. The van der Waals surface area contributed by atoms with E-state index in [0.717, 1.165) is 17.0 Å². The molecule has 11 heteroatoms. The second kappa shape index (κ2) is 8.79. The Morgan fingerprint density at radius 2 is 1.56 bits per heavy atom. The number of carbonyl (C=O) groups is 3. The van der Waals surface area contributed by atoms with Crippen molar-refractivity contribution in [3.8, 4) is 11.5 Å². The highest BCUT2D eigenvalue weighted by molar-refractivity contribution is 6.02. The molecule has 2 aliphatic heterocycles. The Labute approximate surface area is 181 Å². The van der Waals surface area contributed by atoms with Gasteiger partial charge in [-0.3, -0.25) is 14.4 Å². The summed E-state index contributed by atoms with van der Waals surface area (Å²) < 4.78 is 37.8. The average Bonchev–Trinajstić information content (AvgIpc) is 3.42. The lowest BCUT2D eigenvalue weighted by Gasteiger charge is -2.29. The maximum absolute atomic E-state index is 13.6. The maximum atomic E-state index is 13.6. The van der Waals surface area contributed by atoms with Crippen LogP contribution in [0.2, 0.25) is 0 Å². The number of nitrogens with one attached hydrogen (secondary N) is 1. The van der Waals surface area contributed by atoms with Crippen LogP contribution in [-0.4, -0.2) is 66.7 Å². The molecule has 0 spiro atoms. The summed E-state index contributed by atoms with van der Waals surface area (Å²) in [5.74, 6) is -2.90. The third kappa shape index (κ3) is 4.06. The number of hydrogen-bond acceptors (Lipinski definition) is 6. The molecule has 9 nitrogen and oxygen atoms in total. The van der Waals surface area contributed by atoms with E-state index in [0.29, 0.717) is 17.6 Å². The van der Waals surface area contributed by atoms with E-state index in [4.69, 9.17) is 15.2 Å². The van der Waals surface area contributed by atoms with Crippen LogP contribution in [0.3, 0.4) is 0 Å². The summed E-state index contributed by atoms with van der Waals surface area (Å²) >= 11 is 0. The Morgan fingerprint density at radius 3 is 2.22 bits per heavy atom. The standard InChI is InChI=1S/C21H20F2N4O5/c22-14-7-13(8-15(23)10-14)21(30)27-6-5-26(19(27)18(28)25-4-3-24)20(29)12-1-2-16-17(9-12)32-11-31-16/h1-2,7-10,19H,3-6,11,24H2,(H,25,28). The normalized spacial score (nSPS) is 16.9. The van der Waals surface area contributed by atoms with Gasteiger partial charge in [0.05, 0.1) is 0 Å². The minimum atomic E-state index is -1.32. The number of fused-ring (bicyclic) bond motifs is 1. The summed E-state index contributed by atoms with van der Waals surface area (Å²) in [5, 5.41) is 2.57. The lowest BCUT2D eigenvalue weighted by molar-refractivity contribution is -0.128. The Hall–Kier alpha value is -3.73. The third-order valence-corrected chi connectivity index (χ3v) is 5.10. The van der Waals surface area contributed by atoms with Crippen LogP contribution in [0.4, 0.5) is 8.78 Å². The van der Waals surface area contributed by atoms with Gasteiger partial charge in [-0.2, -0.15) is 0 Å². The molecule has 0 bridgehead atoms. The Kier molecular flexibility index (Phi) is 5.91. The van der Waals surface area contributed by atoms with Crippen molar-refractivity contribution in [1.82, 2.24) is 15.1 Å². The van der Waals surface area contributed by atoms with Gasteiger partial charge in [-0.15, -0.1) is 0 Å². The van der Waals surface area contributed by atoms with E-state index in [2.05, 4.69) is 5.32 Å². The van der Waals surface area contributed by atoms with E-state index < -0.39 is 35.5 Å². The molecule has 0 radical (unpaired) electrons. The van der Waals surface area contributed by atoms with Crippen molar-refractivity contribution >= 4 is 17.7 Å². The highest BCUT2D eigenvalue weighted by atomic mass is 19.1. The fraction of sp³-hybridized carbons (Fsp3) is 0.286. The zero-order valence-corrected chi connectivity index (χ0v) is 16.8. The molecule has 1 fully saturated rings. The summed E-state index contributed by atoms with van der Waals surface area (Å²) in [7, 11) is 0. The zero-order valence-electron chi connectivity index (χ0n) is 16.8. The van der Waals surface area contributed by atoms with Crippen LogP contribution < -0.4 is 20.5 Å². The van der Waals surface area contributed by atoms with Gasteiger partial charge >= 0.3 is 0 Å². The molecule has 2 aromatic carbocycles. The first-order chi connectivity index (χ1) is 15.4. The molecule has 2 aromatic rings. The van der Waals surface area contributed by atoms with Crippen molar-refractivity contribution in [1.29, 1.82) is 0 Å². The molecule has 2 aliphatic rings. The molecule has 2 heterocycles. The van der Waals surface area contributed by atoms with E-state index in [-0.39, 0.29) is 44.1 Å². The van der Waals surface area contributed by atoms with Crippen molar-refractivity contribution in [2.24, 2.45) is 5.73 Å². The molecular formula is C21H20F2N4O5. The first kappa shape index (κ1) is 21.5. The van der Waals surface area contributed by atoms with Crippen LogP contribution in [0, 0.1) is 11.6 Å². The molecule has 0 saturated carbocycles. The Morgan fingerprint density at radius 1 is 0.938 bits per heavy atom. The van der Waals surface area contributed by atoms with Crippen LogP contribution >= 0.6 is 0 Å². The van der Waals surface area contributed by atoms with Crippen molar-refractivity contribution in [2.45, 2.75) is 6.17 Å². The van der Waals surface area contributed by atoms with Gasteiger partial charge in [0.15, 0.2) is 17.7 Å². The van der Waals surface area contributed by atoms with Gasteiger partial charge in [0.25, 0.3) is 17.7 Å². The van der Waals surface area contributed by atoms with Crippen LogP contribution in [0.15, 0.2) is 36.4 Å². The molecule has 0 aliphatic carbocycles. The first-order valence-corrected chi connectivity index (χ1v) is 9.84. The van der Waals surface area contributed by atoms with Crippen LogP contribution in [0.5, 0.6) is 11.5 Å². The predicted molar refractivity (Wildman–Crippen MR) is 107 cm³/mol. The summed E-state index contributed by atoms with van der Waals surface area (Å²) in [6.07, 6.45) is -1.32. The topological polar surface area (TPSA) is 114 Å². The maximum Gasteiger partial charge on any atom is 0.263 e. The van der Waals surface area contributed by atoms with Crippen LogP contribution in [0.1, 0.15) is 20.7 Å². The number of amides is 3. The lowest BCUT2D eigenvalue weighted by Crippen LogP contribution is -2.54. The second-order valence-electron chi connectivity index (χ2n) is 7.18. The van der Waals surface area contributed by atoms with E-state index in [9.17, 15) is 23.2 Å². The minimum absolute atomic E-state index is 0.00598. The average molecular weight is 446 g/mol. The van der Waals surface area contributed by atoms with E-state index >= 15 is 0 Å². The van der Waals surface area contributed by atoms with Crippen molar-refractivity contribution in [2.75, 3.05) is 33.0 Å². The van der Waals surface area contributed by atoms with Gasteiger partial charge in [0.2, 0.25) is 6.79 Å². The van der Waals surface area contributed by atoms with E-state index in [1.54, 1.807) is 6.07 Å². The highest BCUT2D eigenvalue weighted by Gasteiger charge is 2.43. The number of halogens is 2. The lowest BCUT2D eigenvalue weighted by atomic mass is 10.1. The van der Waals surface area contributed by atoms with Crippen molar-refractivity contribution in [3.63, 3.8) is 0 Å². The monoisotopic (exact) mass is 446 g/mol. The smallest absolute Gasteiger partial charge is 0.263 e. The fourth-order valence-electron chi connectivity index (χ4n) is 3.66. The van der Waals surface area contributed by atoms with Crippen LogP contribution in [0.25, 0.3) is 0 Å². The summed E-state index contributed by atoms with van der Waals surface area (Å²) in [5.41, 5.74) is 5.41. The minimum Gasteiger partial charge on any atom is -0.454 e. The van der Waals surface area contributed by atoms with E-state index in [1.807, 2.05) is 0 Å². The van der Waals surface area contributed by atoms with Gasteiger partial charge in [-0.1, -0.05) is 0 Å². The van der Waals surface area contributed by atoms with Gasteiger partial charge < -0.3 is 30.3 Å². The second-order valence-corrected chi connectivity index (χ2v) is 7.18. The number of carbonyl (C=O) groups excluding carboxylic acids is 3. The number of hydrogen-bond donors (Lipinski definition) is 2. The van der Waals surface area contributed by atoms with Gasteiger partial charge in [-0.25, -0.2) is 8.78 Å². The Balaban J connectivity index is 1.64. The van der Waals surface area contributed by atoms with Crippen molar-refractivity contribution < 1.29 is 32.6 Å². The van der Waals surface area contributed by atoms with Crippen molar-refractivity contribution in [3.05, 3.63) is 59.2 Å². The largest absolute Gasteiger partial charge is 0.454 e. The van der Waals surface area contributed by atoms with Gasteiger partial charge in [-0.05, 0) is 30.3 Å². The number of benzene rings is 2. The molecule has 168 valence electrons. The predicted octanol–water partition coefficient (Wildman–Crippen LogP) is 0.693. The quantitative estimate of drug-likeness (QED) is 0.699. The zero-order chi connectivity index (χ0) is 22.8. The SMILES string of the molecule is NCCNC(=O)C1N(C(=O)c2cc(F)cc(F)c2)CCN1C(=O)c1ccc2c(c1)OCO2. The number of ether oxygens (including phenoxy) is 2. The molecule has 3 N–H and O–H groups in total. The summed E-state index contributed by atoms with van der Waals surface area (Å²) in [6, 6.07) is 6.99. The number of nitrogens with two attached hydrogens (primary N) is 1. The molecule has 3 amide bonds. The summed E-state index contributed by atoms with van der Waals surface area (Å²) in [4.78, 5) is 41.4.